The molecule has 1 aliphatic carbocycles. The van der Waals surface area contributed by atoms with Crippen LogP contribution in [-0.4, -0.2) is 23.8 Å². The van der Waals surface area contributed by atoms with E-state index in [1.54, 1.807) is 0 Å². The van der Waals surface area contributed by atoms with Crippen LogP contribution < -0.4 is 0 Å². The molecule has 1 aromatic rings. The predicted octanol–water partition coefficient (Wildman–Crippen LogP) is 3.30. The molecular formula is C15H18ClNO. The Kier molecular flexibility index (Phi) is 2.95. The fourth-order valence-electron chi connectivity index (χ4n) is 3.10. The van der Waals surface area contributed by atoms with E-state index < -0.39 is 0 Å². The molecule has 3 heteroatoms. The summed E-state index contributed by atoms with van der Waals surface area (Å²) in [6.07, 6.45) is 3.81. The van der Waals surface area contributed by atoms with Crippen LogP contribution in [0.4, 0.5) is 0 Å². The third-order valence-electron chi connectivity index (χ3n) is 4.23. The second kappa shape index (κ2) is 4.36. The molecule has 2 fully saturated rings. The molecule has 0 atom stereocenters. The molecule has 0 spiro atoms. The molecule has 0 N–H and O–H groups in total. The van der Waals surface area contributed by atoms with Crippen LogP contribution in [0.1, 0.15) is 36.8 Å². The van der Waals surface area contributed by atoms with E-state index in [4.69, 9.17) is 11.6 Å². The Bertz CT molecular complexity index is 463. The summed E-state index contributed by atoms with van der Waals surface area (Å²) >= 11 is 6.17. The monoisotopic (exact) mass is 263 g/mol. The summed E-state index contributed by atoms with van der Waals surface area (Å²) in [5.41, 5.74) is 2.73. The maximum absolute atomic E-state index is 11.4. The van der Waals surface area contributed by atoms with Gasteiger partial charge in [-0.25, -0.2) is 0 Å². The summed E-state index contributed by atoms with van der Waals surface area (Å²) in [5.74, 6) is 0.407. The fourth-order valence-corrected chi connectivity index (χ4v) is 3.38. The average molecular weight is 264 g/mol. The molecule has 1 heterocycles. The molecular weight excluding hydrogens is 246 g/mol. The first-order valence-corrected chi connectivity index (χ1v) is 7.02. The number of ketones is 1. The topological polar surface area (TPSA) is 20.3 Å². The van der Waals surface area contributed by atoms with Gasteiger partial charge in [0.05, 0.1) is 0 Å². The van der Waals surface area contributed by atoms with Crippen LogP contribution in [0.25, 0.3) is 0 Å². The lowest BCUT2D eigenvalue weighted by atomic mass is 9.97. The Labute approximate surface area is 113 Å². The largest absolute Gasteiger partial charge is 0.300 e. The molecule has 0 radical (unpaired) electrons. The second-order valence-electron chi connectivity index (χ2n) is 5.57. The number of benzene rings is 1. The lowest BCUT2D eigenvalue weighted by Crippen LogP contribution is -2.41. The molecule has 0 amide bonds. The zero-order valence-electron chi connectivity index (χ0n) is 10.7. The van der Waals surface area contributed by atoms with Crippen molar-refractivity contribution >= 4 is 17.4 Å². The molecule has 18 heavy (non-hydrogen) atoms. The number of piperidine rings is 1. The molecule has 2 aliphatic rings. The first-order valence-electron chi connectivity index (χ1n) is 6.65. The number of hydrogen-bond acceptors (Lipinski definition) is 2. The molecule has 0 aromatic heterocycles. The van der Waals surface area contributed by atoms with Gasteiger partial charge in [-0.05, 0) is 43.0 Å². The Morgan fingerprint density at radius 2 is 1.83 bits per heavy atom. The summed E-state index contributed by atoms with van der Waals surface area (Å²) in [7, 11) is 0. The third kappa shape index (κ3) is 2.08. The summed E-state index contributed by atoms with van der Waals surface area (Å²) in [6.45, 7) is 3.90. The Hall–Kier alpha value is -0.860. The van der Waals surface area contributed by atoms with Gasteiger partial charge in [0.2, 0.25) is 0 Å². The van der Waals surface area contributed by atoms with Crippen LogP contribution in [0.3, 0.4) is 0 Å². The van der Waals surface area contributed by atoms with Crippen molar-refractivity contribution < 1.29 is 4.79 Å². The first-order chi connectivity index (χ1) is 8.60. The van der Waals surface area contributed by atoms with Gasteiger partial charge in [0, 0.05) is 36.5 Å². The van der Waals surface area contributed by atoms with Gasteiger partial charge < -0.3 is 0 Å². The van der Waals surface area contributed by atoms with Crippen molar-refractivity contribution in [1.82, 2.24) is 4.90 Å². The SMILES string of the molecule is Cc1cc(Cl)cc(C2(N3CCC(=O)CC3)CC2)c1. The number of nitrogens with zero attached hydrogens (tertiary/aromatic N) is 1. The van der Waals surface area contributed by atoms with Gasteiger partial charge in [0.1, 0.15) is 5.78 Å². The van der Waals surface area contributed by atoms with Gasteiger partial charge in [0.25, 0.3) is 0 Å². The van der Waals surface area contributed by atoms with Crippen molar-refractivity contribution in [2.45, 2.75) is 38.1 Å². The number of carbonyl (C=O) groups excluding carboxylic acids is 1. The van der Waals surface area contributed by atoms with Crippen molar-refractivity contribution in [3.05, 3.63) is 34.3 Å². The van der Waals surface area contributed by atoms with Gasteiger partial charge >= 0.3 is 0 Å². The standard InChI is InChI=1S/C15H18ClNO/c1-11-8-12(10-13(16)9-11)15(4-5-15)17-6-2-14(18)3-7-17/h8-10H,2-7H2,1H3. The van der Waals surface area contributed by atoms with Crippen LogP contribution in [0.2, 0.25) is 5.02 Å². The van der Waals surface area contributed by atoms with E-state index in [9.17, 15) is 4.79 Å². The molecule has 0 bridgehead atoms. The smallest absolute Gasteiger partial charge is 0.135 e. The Morgan fingerprint density at radius 3 is 2.39 bits per heavy atom. The van der Waals surface area contributed by atoms with E-state index in [0.29, 0.717) is 18.6 Å². The third-order valence-corrected chi connectivity index (χ3v) is 4.45. The zero-order chi connectivity index (χ0) is 12.8. The molecule has 1 aliphatic heterocycles. The molecule has 3 rings (SSSR count). The van der Waals surface area contributed by atoms with Gasteiger partial charge in [-0.2, -0.15) is 0 Å². The second-order valence-corrected chi connectivity index (χ2v) is 6.01. The molecule has 0 unspecified atom stereocenters. The van der Waals surface area contributed by atoms with Gasteiger partial charge in [-0.15, -0.1) is 0 Å². The number of likely N-dealkylation sites (tertiary alicyclic amines) is 1. The maximum Gasteiger partial charge on any atom is 0.135 e. The zero-order valence-corrected chi connectivity index (χ0v) is 11.5. The van der Waals surface area contributed by atoms with Gasteiger partial charge in [-0.3, -0.25) is 9.69 Å². The molecule has 96 valence electrons. The normalized spacial score (nSPS) is 23.1. The summed E-state index contributed by atoms with van der Waals surface area (Å²) in [4.78, 5) is 13.8. The van der Waals surface area contributed by atoms with Crippen molar-refractivity contribution in [3.63, 3.8) is 0 Å². The predicted molar refractivity (Wildman–Crippen MR) is 72.9 cm³/mol. The molecule has 1 aromatic carbocycles. The molecule has 1 saturated heterocycles. The lowest BCUT2D eigenvalue weighted by Gasteiger charge is -2.35. The number of Topliss-reactive ketones (excluding diaryl/α,β-unsaturated/α-hetero) is 1. The minimum Gasteiger partial charge on any atom is -0.300 e. The summed E-state index contributed by atoms with van der Waals surface area (Å²) in [6, 6.07) is 6.34. The van der Waals surface area contributed by atoms with Crippen LogP contribution in [0.5, 0.6) is 0 Å². The van der Waals surface area contributed by atoms with Gasteiger partial charge in [0.15, 0.2) is 0 Å². The van der Waals surface area contributed by atoms with E-state index in [1.165, 1.54) is 24.0 Å². The quantitative estimate of drug-likeness (QED) is 0.816. The number of halogens is 1. The average Bonchev–Trinajstić information content (AvgIpc) is 3.10. The highest BCUT2D eigenvalue weighted by Gasteiger charge is 2.49. The van der Waals surface area contributed by atoms with E-state index >= 15 is 0 Å². The van der Waals surface area contributed by atoms with Crippen LogP contribution in [0, 0.1) is 6.92 Å². The highest BCUT2D eigenvalue weighted by atomic mass is 35.5. The minimum atomic E-state index is 0.177. The Morgan fingerprint density at radius 1 is 1.17 bits per heavy atom. The van der Waals surface area contributed by atoms with Crippen LogP contribution >= 0.6 is 11.6 Å². The first kappa shape index (κ1) is 12.2. The van der Waals surface area contributed by atoms with E-state index in [2.05, 4.69) is 24.0 Å². The van der Waals surface area contributed by atoms with Gasteiger partial charge in [-0.1, -0.05) is 17.7 Å². The maximum atomic E-state index is 11.4. The molecule has 1 saturated carbocycles. The number of rotatable bonds is 2. The highest BCUT2D eigenvalue weighted by Crippen LogP contribution is 2.52. The van der Waals surface area contributed by atoms with E-state index in [1.807, 2.05) is 6.07 Å². The van der Waals surface area contributed by atoms with E-state index in [-0.39, 0.29) is 5.54 Å². The van der Waals surface area contributed by atoms with E-state index in [0.717, 1.165) is 18.1 Å². The molecule has 2 nitrogen and oxygen atoms in total. The van der Waals surface area contributed by atoms with Crippen molar-refractivity contribution in [2.24, 2.45) is 0 Å². The fraction of sp³-hybridized carbons (Fsp3) is 0.533. The summed E-state index contributed by atoms with van der Waals surface area (Å²) in [5, 5.41) is 0.823. The van der Waals surface area contributed by atoms with Crippen LogP contribution in [0.15, 0.2) is 18.2 Å². The Balaban J connectivity index is 1.88. The summed E-state index contributed by atoms with van der Waals surface area (Å²) < 4.78 is 0. The number of aryl methyl sites for hydroxylation is 1. The van der Waals surface area contributed by atoms with Crippen molar-refractivity contribution in [2.75, 3.05) is 13.1 Å². The highest BCUT2D eigenvalue weighted by molar-refractivity contribution is 6.30. The number of hydrogen-bond donors (Lipinski definition) is 0. The number of carbonyl (C=O) groups is 1. The van der Waals surface area contributed by atoms with Crippen molar-refractivity contribution in [3.8, 4) is 0 Å². The van der Waals surface area contributed by atoms with Crippen LogP contribution in [-0.2, 0) is 10.3 Å². The lowest BCUT2D eigenvalue weighted by molar-refractivity contribution is -0.122. The van der Waals surface area contributed by atoms with Crippen molar-refractivity contribution in [1.29, 1.82) is 0 Å². The minimum absolute atomic E-state index is 0.177.